The van der Waals surface area contributed by atoms with Crippen LogP contribution in [0, 0.1) is 5.92 Å². The number of benzene rings is 1. The van der Waals surface area contributed by atoms with E-state index in [0.29, 0.717) is 13.2 Å². The Labute approximate surface area is 129 Å². The molecule has 0 fully saturated rings. The normalized spacial score (nSPS) is 13.6. The van der Waals surface area contributed by atoms with Gasteiger partial charge in [-0.1, -0.05) is 56.2 Å². The zero-order chi connectivity index (χ0) is 15.9. The van der Waals surface area contributed by atoms with E-state index in [1.54, 1.807) is 0 Å². The molecule has 0 heterocycles. The molecule has 0 spiro atoms. The Morgan fingerprint density at radius 3 is 2.38 bits per heavy atom. The van der Waals surface area contributed by atoms with Crippen LogP contribution in [-0.2, 0) is 10.8 Å². The molecule has 0 unspecified atom stereocenters. The standard InChI is InChI=1S/C16H27N3OSi/c1-16(2,3)21(4,5)20-13-15(12-18-19-17)11-14-9-7-6-8-10-14/h6-10,15H,11-13H2,1-5H3/t15-/m0/s1. The first-order valence-electron chi connectivity index (χ1n) is 7.45. The van der Waals surface area contributed by atoms with Crippen molar-refractivity contribution in [2.75, 3.05) is 13.2 Å². The molecule has 1 aromatic rings. The van der Waals surface area contributed by atoms with E-state index in [0.717, 1.165) is 6.42 Å². The van der Waals surface area contributed by atoms with Gasteiger partial charge in [-0.25, -0.2) is 0 Å². The van der Waals surface area contributed by atoms with E-state index in [2.05, 4.69) is 56.0 Å². The average Bonchev–Trinajstić information content (AvgIpc) is 2.42. The van der Waals surface area contributed by atoms with Crippen molar-refractivity contribution in [2.45, 2.75) is 45.3 Å². The molecule has 0 aliphatic heterocycles. The third kappa shape index (κ3) is 5.92. The van der Waals surface area contributed by atoms with Crippen LogP contribution < -0.4 is 0 Å². The predicted molar refractivity (Wildman–Crippen MR) is 90.8 cm³/mol. The second kappa shape index (κ2) is 7.64. The van der Waals surface area contributed by atoms with Crippen LogP contribution in [0.4, 0.5) is 0 Å². The van der Waals surface area contributed by atoms with Gasteiger partial charge < -0.3 is 4.43 Å². The van der Waals surface area contributed by atoms with E-state index in [4.69, 9.17) is 9.96 Å². The van der Waals surface area contributed by atoms with Crippen molar-refractivity contribution in [3.63, 3.8) is 0 Å². The summed E-state index contributed by atoms with van der Waals surface area (Å²) in [5.74, 6) is 0.234. The Kier molecular flexibility index (Phi) is 6.46. The summed E-state index contributed by atoms with van der Waals surface area (Å²) < 4.78 is 6.28. The van der Waals surface area contributed by atoms with E-state index >= 15 is 0 Å². The lowest BCUT2D eigenvalue weighted by Gasteiger charge is -2.37. The van der Waals surface area contributed by atoms with Gasteiger partial charge in [0.15, 0.2) is 8.32 Å². The molecular weight excluding hydrogens is 278 g/mol. The Bertz CT molecular complexity index is 476. The molecule has 0 N–H and O–H groups in total. The molecule has 0 aromatic heterocycles. The van der Waals surface area contributed by atoms with Crippen LogP contribution in [0.3, 0.4) is 0 Å². The molecule has 21 heavy (non-hydrogen) atoms. The molecule has 1 rings (SSSR count). The van der Waals surface area contributed by atoms with Crippen LogP contribution in [0.1, 0.15) is 26.3 Å². The molecule has 0 aliphatic rings. The highest BCUT2D eigenvalue weighted by molar-refractivity contribution is 6.74. The summed E-state index contributed by atoms with van der Waals surface area (Å²) in [6.45, 7) is 12.3. The predicted octanol–water partition coefficient (Wildman–Crippen LogP) is 5.18. The maximum Gasteiger partial charge on any atom is 0.191 e. The van der Waals surface area contributed by atoms with Gasteiger partial charge >= 0.3 is 0 Å². The average molecular weight is 305 g/mol. The number of hydrogen-bond acceptors (Lipinski definition) is 2. The zero-order valence-corrected chi connectivity index (χ0v) is 14.8. The van der Waals surface area contributed by atoms with E-state index in [1.165, 1.54) is 5.56 Å². The van der Waals surface area contributed by atoms with Gasteiger partial charge in [-0.05, 0) is 41.6 Å². The summed E-state index contributed by atoms with van der Waals surface area (Å²) in [5.41, 5.74) is 9.82. The molecule has 4 nitrogen and oxygen atoms in total. The fourth-order valence-corrected chi connectivity index (χ4v) is 2.90. The maximum absolute atomic E-state index is 8.56. The Morgan fingerprint density at radius 1 is 1.24 bits per heavy atom. The molecule has 1 atom stereocenters. The summed E-state index contributed by atoms with van der Waals surface area (Å²) in [6, 6.07) is 10.3. The van der Waals surface area contributed by atoms with E-state index in [-0.39, 0.29) is 11.0 Å². The van der Waals surface area contributed by atoms with Crippen LogP contribution >= 0.6 is 0 Å². The first-order chi connectivity index (χ1) is 9.76. The van der Waals surface area contributed by atoms with Crippen LogP contribution in [-0.4, -0.2) is 21.5 Å². The van der Waals surface area contributed by atoms with Crippen molar-refractivity contribution in [3.8, 4) is 0 Å². The molecule has 0 amide bonds. The minimum atomic E-state index is -1.76. The third-order valence-electron chi connectivity index (χ3n) is 4.26. The molecule has 0 bridgehead atoms. The summed E-state index contributed by atoms with van der Waals surface area (Å²) in [4.78, 5) is 2.89. The quantitative estimate of drug-likeness (QED) is 0.296. The Hall–Kier alpha value is -1.29. The second-order valence-electron chi connectivity index (χ2n) is 7.04. The molecule has 1 aromatic carbocycles. The zero-order valence-electron chi connectivity index (χ0n) is 13.8. The lowest BCUT2D eigenvalue weighted by Crippen LogP contribution is -2.42. The van der Waals surface area contributed by atoms with E-state index in [9.17, 15) is 0 Å². The van der Waals surface area contributed by atoms with Gasteiger partial charge in [0.05, 0.1) is 0 Å². The molecule has 0 radical (unpaired) electrons. The number of azide groups is 1. The number of nitrogens with zero attached hydrogens (tertiary/aromatic N) is 3. The summed E-state index contributed by atoms with van der Waals surface area (Å²) in [7, 11) is -1.76. The van der Waals surface area contributed by atoms with Crippen molar-refractivity contribution in [2.24, 2.45) is 11.0 Å². The van der Waals surface area contributed by atoms with Crippen LogP contribution in [0.2, 0.25) is 18.1 Å². The van der Waals surface area contributed by atoms with Gasteiger partial charge in [-0.2, -0.15) is 0 Å². The first-order valence-corrected chi connectivity index (χ1v) is 10.4. The smallest absolute Gasteiger partial charge is 0.191 e. The Morgan fingerprint density at radius 2 is 1.86 bits per heavy atom. The van der Waals surface area contributed by atoms with Crippen molar-refractivity contribution in [3.05, 3.63) is 46.3 Å². The van der Waals surface area contributed by atoms with Gasteiger partial charge in [-0.3, -0.25) is 0 Å². The van der Waals surface area contributed by atoms with E-state index < -0.39 is 8.32 Å². The SMILES string of the molecule is CC(C)(C)[Si](C)(C)OC[C@H](CN=[N+]=[N-])Cc1ccccc1. The summed E-state index contributed by atoms with van der Waals surface area (Å²) in [6.07, 6.45) is 0.883. The fraction of sp³-hybridized carbons (Fsp3) is 0.625. The maximum atomic E-state index is 8.56. The lowest BCUT2D eigenvalue weighted by molar-refractivity contribution is 0.230. The van der Waals surface area contributed by atoms with Crippen molar-refractivity contribution >= 4 is 8.32 Å². The molecular formula is C16H27N3OSi. The first kappa shape index (κ1) is 17.8. The van der Waals surface area contributed by atoms with Gasteiger partial charge in [-0.15, -0.1) is 0 Å². The lowest BCUT2D eigenvalue weighted by atomic mass is 10.0. The van der Waals surface area contributed by atoms with Gasteiger partial charge in [0, 0.05) is 18.1 Å². The number of hydrogen-bond donors (Lipinski definition) is 0. The molecule has 0 saturated heterocycles. The summed E-state index contributed by atoms with van der Waals surface area (Å²) in [5, 5.41) is 3.94. The minimum Gasteiger partial charge on any atom is -0.417 e. The third-order valence-corrected chi connectivity index (χ3v) is 8.76. The van der Waals surface area contributed by atoms with Crippen LogP contribution in [0.25, 0.3) is 10.4 Å². The van der Waals surface area contributed by atoms with Crippen LogP contribution in [0.15, 0.2) is 35.4 Å². The number of rotatable bonds is 7. The second-order valence-corrected chi connectivity index (χ2v) is 11.8. The highest BCUT2D eigenvalue weighted by atomic mass is 28.4. The van der Waals surface area contributed by atoms with E-state index in [1.807, 2.05) is 18.2 Å². The molecule has 116 valence electrons. The largest absolute Gasteiger partial charge is 0.417 e. The monoisotopic (exact) mass is 305 g/mol. The highest BCUT2D eigenvalue weighted by Gasteiger charge is 2.37. The van der Waals surface area contributed by atoms with Gasteiger partial charge in [0.25, 0.3) is 0 Å². The molecule has 0 aliphatic carbocycles. The van der Waals surface area contributed by atoms with Gasteiger partial charge in [0.2, 0.25) is 0 Å². The van der Waals surface area contributed by atoms with Crippen molar-refractivity contribution in [1.29, 1.82) is 0 Å². The Balaban J connectivity index is 2.68. The van der Waals surface area contributed by atoms with Crippen LogP contribution in [0.5, 0.6) is 0 Å². The fourth-order valence-electron chi connectivity index (χ4n) is 1.82. The van der Waals surface area contributed by atoms with Crippen molar-refractivity contribution < 1.29 is 4.43 Å². The topological polar surface area (TPSA) is 58.0 Å². The summed E-state index contributed by atoms with van der Waals surface area (Å²) >= 11 is 0. The van der Waals surface area contributed by atoms with Gasteiger partial charge in [0.1, 0.15) is 0 Å². The molecule has 5 heteroatoms. The minimum absolute atomic E-state index is 0.197. The molecule has 0 saturated carbocycles. The highest BCUT2D eigenvalue weighted by Crippen LogP contribution is 2.36. The van der Waals surface area contributed by atoms with Crippen molar-refractivity contribution in [1.82, 2.24) is 0 Å².